The summed E-state index contributed by atoms with van der Waals surface area (Å²) in [5.74, 6) is -0.122. The van der Waals surface area contributed by atoms with Crippen LogP contribution in [0, 0.1) is 18.7 Å². The van der Waals surface area contributed by atoms with Crippen molar-refractivity contribution in [2.24, 2.45) is 5.92 Å². The summed E-state index contributed by atoms with van der Waals surface area (Å²) in [5.41, 5.74) is 0.167. The Bertz CT molecular complexity index is 1180. The molecule has 1 unspecified atom stereocenters. The summed E-state index contributed by atoms with van der Waals surface area (Å²) >= 11 is 0. The van der Waals surface area contributed by atoms with E-state index in [1.807, 2.05) is 6.92 Å². The Hall–Kier alpha value is -3.56. The lowest BCUT2D eigenvalue weighted by molar-refractivity contribution is -0.137. The van der Waals surface area contributed by atoms with E-state index in [1.54, 1.807) is 36.4 Å². The molecule has 2 aromatic heterocycles. The highest BCUT2D eigenvalue weighted by molar-refractivity contribution is 6.00. The van der Waals surface area contributed by atoms with Gasteiger partial charge >= 0.3 is 6.18 Å². The SMILES string of the molecule is Cc1cc(-c2ncccn2)c(C(=O)N2CCC[C@@H](C)C2CNc2ccc(C(F)(F)F)cn2)cc1F. The van der Waals surface area contributed by atoms with Gasteiger partial charge < -0.3 is 10.2 Å². The summed E-state index contributed by atoms with van der Waals surface area (Å²) in [6, 6.07) is 6.42. The summed E-state index contributed by atoms with van der Waals surface area (Å²) in [5, 5.41) is 3.06. The first-order valence-electron chi connectivity index (χ1n) is 11.3. The third kappa shape index (κ3) is 5.41. The van der Waals surface area contributed by atoms with Crippen molar-refractivity contribution in [3.05, 3.63) is 71.4 Å². The number of nitrogens with zero attached hydrogens (tertiary/aromatic N) is 4. The molecular formula is C25H25F4N5O. The Morgan fingerprint density at radius 3 is 2.57 bits per heavy atom. The van der Waals surface area contributed by atoms with Gasteiger partial charge in [0.15, 0.2) is 5.82 Å². The van der Waals surface area contributed by atoms with Crippen LogP contribution in [0.3, 0.4) is 0 Å². The molecule has 1 aliphatic rings. The van der Waals surface area contributed by atoms with Gasteiger partial charge in [0.25, 0.3) is 5.91 Å². The second-order valence-corrected chi connectivity index (χ2v) is 8.72. The Morgan fingerprint density at radius 2 is 1.91 bits per heavy atom. The summed E-state index contributed by atoms with van der Waals surface area (Å²) in [4.78, 5) is 27.7. The molecule has 1 saturated heterocycles. The molecule has 0 saturated carbocycles. The van der Waals surface area contributed by atoms with E-state index in [2.05, 4.69) is 20.3 Å². The van der Waals surface area contributed by atoms with Crippen molar-refractivity contribution in [2.75, 3.05) is 18.4 Å². The van der Waals surface area contributed by atoms with Crippen molar-refractivity contribution in [3.8, 4) is 11.4 Å². The number of carbonyl (C=O) groups excluding carboxylic acids is 1. The molecule has 0 bridgehead atoms. The van der Waals surface area contributed by atoms with Gasteiger partial charge in [-0.2, -0.15) is 13.2 Å². The zero-order chi connectivity index (χ0) is 25.2. The van der Waals surface area contributed by atoms with Crippen LogP contribution in [-0.4, -0.2) is 44.9 Å². The fourth-order valence-electron chi connectivity index (χ4n) is 4.32. The number of nitrogens with one attached hydrogen (secondary N) is 1. The lowest BCUT2D eigenvalue weighted by Gasteiger charge is -2.40. The van der Waals surface area contributed by atoms with E-state index in [4.69, 9.17) is 0 Å². The first-order chi connectivity index (χ1) is 16.6. The number of aryl methyl sites for hydroxylation is 1. The van der Waals surface area contributed by atoms with Crippen molar-refractivity contribution >= 4 is 11.7 Å². The minimum atomic E-state index is -4.46. The molecule has 1 aromatic carbocycles. The van der Waals surface area contributed by atoms with Crippen molar-refractivity contribution in [3.63, 3.8) is 0 Å². The number of hydrogen-bond donors (Lipinski definition) is 1. The van der Waals surface area contributed by atoms with Crippen LogP contribution in [0.1, 0.15) is 41.3 Å². The third-order valence-corrected chi connectivity index (χ3v) is 6.30. The predicted molar refractivity (Wildman–Crippen MR) is 123 cm³/mol. The van der Waals surface area contributed by atoms with Crippen LogP contribution in [-0.2, 0) is 6.18 Å². The molecule has 0 spiro atoms. The smallest absolute Gasteiger partial charge is 0.368 e. The monoisotopic (exact) mass is 487 g/mol. The Balaban J connectivity index is 1.60. The van der Waals surface area contributed by atoms with Crippen LogP contribution in [0.2, 0.25) is 0 Å². The second kappa shape index (κ2) is 9.97. The van der Waals surface area contributed by atoms with Crippen LogP contribution >= 0.6 is 0 Å². The number of carbonyl (C=O) groups is 1. The van der Waals surface area contributed by atoms with Gasteiger partial charge in [0.2, 0.25) is 0 Å². The van der Waals surface area contributed by atoms with Crippen molar-refractivity contribution < 1.29 is 22.4 Å². The van der Waals surface area contributed by atoms with Crippen LogP contribution in [0.5, 0.6) is 0 Å². The second-order valence-electron chi connectivity index (χ2n) is 8.72. The summed E-state index contributed by atoms with van der Waals surface area (Å²) in [6.45, 7) is 4.39. The zero-order valence-corrected chi connectivity index (χ0v) is 19.3. The number of pyridine rings is 1. The number of benzene rings is 1. The minimum absolute atomic E-state index is 0.112. The fourth-order valence-corrected chi connectivity index (χ4v) is 4.32. The van der Waals surface area contributed by atoms with E-state index in [0.29, 0.717) is 23.5 Å². The van der Waals surface area contributed by atoms with E-state index < -0.39 is 17.6 Å². The quantitative estimate of drug-likeness (QED) is 0.491. The molecule has 3 heterocycles. The molecule has 6 nitrogen and oxygen atoms in total. The normalized spacial score (nSPS) is 18.4. The molecule has 1 aliphatic heterocycles. The van der Waals surface area contributed by atoms with E-state index >= 15 is 0 Å². The molecule has 0 aliphatic carbocycles. The Kier molecular flexibility index (Phi) is 7.00. The van der Waals surface area contributed by atoms with Crippen LogP contribution in [0.15, 0.2) is 48.9 Å². The molecule has 184 valence electrons. The highest BCUT2D eigenvalue weighted by Gasteiger charge is 2.34. The molecule has 2 atom stereocenters. The number of piperidine rings is 1. The molecule has 35 heavy (non-hydrogen) atoms. The molecule has 0 radical (unpaired) electrons. The molecule has 10 heteroatoms. The maximum absolute atomic E-state index is 14.5. The van der Waals surface area contributed by atoms with E-state index in [9.17, 15) is 22.4 Å². The fraction of sp³-hybridized carbons (Fsp3) is 0.360. The lowest BCUT2D eigenvalue weighted by atomic mass is 9.89. The maximum Gasteiger partial charge on any atom is 0.417 e. The number of anilines is 1. The number of rotatable bonds is 5. The minimum Gasteiger partial charge on any atom is -0.368 e. The lowest BCUT2D eigenvalue weighted by Crippen LogP contribution is -2.51. The highest BCUT2D eigenvalue weighted by Crippen LogP contribution is 2.31. The third-order valence-electron chi connectivity index (χ3n) is 6.30. The Morgan fingerprint density at radius 1 is 1.17 bits per heavy atom. The molecular weight excluding hydrogens is 462 g/mol. The molecule has 3 aromatic rings. The summed E-state index contributed by atoms with van der Waals surface area (Å²) in [6.07, 6.45) is 1.10. The first kappa shape index (κ1) is 24.6. The van der Waals surface area contributed by atoms with Gasteiger partial charge in [0, 0.05) is 37.2 Å². The molecule has 1 N–H and O–H groups in total. The molecule has 1 amide bonds. The Labute approximate surface area is 200 Å². The van der Waals surface area contributed by atoms with Gasteiger partial charge in [-0.15, -0.1) is 0 Å². The van der Waals surface area contributed by atoms with Crippen molar-refractivity contribution in [1.82, 2.24) is 19.9 Å². The van der Waals surface area contributed by atoms with Crippen LogP contribution in [0.4, 0.5) is 23.4 Å². The van der Waals surface area contributed by atoms with Gasteiger partial charge in [-0.3, -0.25) is 4.79 Å². The average molecular weight is 488 g/mol. The first-order valence-corrected chi connectivity index (χ1v) is 11.3. The highest BCUT2D eigenvalue weighted by atomic mass is 19.4. The van der Waals surface area contributed by atoms with E-state index in [-0.39, 0.29) is 35.8 Å². The topological polar surface area (TPSA) is 71.0 Å². The average Bonchev–Trinajstić information content (AvgIpc) is 2.84. The van der Waals surface area contributed by atoms with Crippen LogP contribution in [0.25, 0.3) is 11.4 Å². The van der Waals surface area contributed by atoms with E-state index in [0.717, 1.165) is 25.1 Å². The zero-order valence-electron chi connectivity index (χ0n) is 19.3. The summed E-state index contributed by atoms with van der Waals surface area (Å²) < 4.78 is 53.0. The number of likely N-dealkylation sites (tertiary alicyclic amines) is 1. The van der Waals surface area contributed by atoms with Gasteiger partial charge in [-0.1, -0.05) is 6.92 Å². The van der Waals surface area contributed by atoms with Gasteiger partial charge in [0.05, 0.1) is 17.2 Å². The maximum atomic E-state index is 14.5. The van der Waals surface area contributed by atoms with E-state index in [1.165, 1.54) is 12.1 Å². The molecule has 4 rings (SSSR count). The van der Waals surface area contributed by atoms with Crippen LogP contribution < -0.4 is 5.32 Å². The van der Waals surface area contributed by atoms with Gasteiger partial charge in [-0.05, 0) is 61.6 Å². The van der Waals surface area contributed by atoms with Crippen molar-refractivity contribution in [2.45, 2.75) is 38.9 Å². The predicted octanol–water partition coefficient (Wildman–Crippen LogP) is 5.36. The van der Waals surface area contributed by atoms with Gasteiger partial charge in [0.1, 0.15) is 11.6 Å². The number of hydrogen-bond acceptors (Lipinski definition) is 5. The number of aromatic nitrogens is 3. The largest absolute Gasteiger partial charge is 0.417 e. The summed E-state index contributed by atoms with van der Waals surface area (Å²) in [7, 11) is 0. The standard InChI is InChI=1S/C25H25F4N5O/c1-15-5-3-10-34(21(15)14-33-22-7-6-17(13-32-22)25(27,28)29)24(35)19-12-20(26)16(2)11-18(19)23-30-8-4-9-31-23/h4,6-9,11-13,15,21H,3,5,10,14H2,1-2H3,(H,32,33)/t15-,21?/m1/s1. The number of alkyl halides is 3. The molecule has 1 fully saturated rings. The number of halogens is 4. The van der Waals surface area contributed by atoms with Gasteiger partial charge in [-0.25, -0.2) is 19.3 Å². The number of amides is 1. The van der Waals surface area contributed by atoms with Crippen molar-refractivity contribution in [1.29, 1.82) is 0 Å².